The molecule has 88 valence electrons. The summed E-state index contributed by atoms with van der Waals surface area (Å²) in [6.07, 6.45) is 0.0164. The molecule has 0 aliphatic heterocycles. The van der Waals surface area contributed by atoms with Crippen LogP contribution in [0, 0.1) is 0 Å². The van der Waals surface area contributed by atoms with Gasteiger partial charge in [-0.25, -0.2) is 0 Å². The Morgan fingerprint density at radius 1 is 1.44 bits per heavy atom. The number of para-hydroxylation sites is 1. The van der Waals surface area contributed by atoms with Gasteiger partial charge < -0.3 is 14.9 Å². The lowest BCUT2D eigenvalue weighted by Gasteiger charge is -2.10. The van der Waals surface area contributed by atoms with Gasteiger partial charge in [0, 0.05) is 0 Å². The van der Waals surface area contributed by atoms with E-state index in [4.69, 9.17) is 9.84 Å². The molecule has 0 aliphatic carbocycles. The number of rotatable bonds is 6. The number of methoxy groups -OCH3 is 1. The maximum Gasteiger partial charge on any atom is 0.305 e. The van der Waals surface area contributed by atoms with E-state index in [9.17, 15) is 9.90 Å². The van der Waals surface area contributed by atoms with Crippen LogP contribution in [0.3, 0.4) is 0 Å². The smallest absolute Gasteiger partial charge is 0.305 e. The molecule has 1 aromatic rings. The Morgan fingerprint density at radius 3 is 2.75 bits per heavy atom. The molecule has 0 radical (unpaired) electrons. The van der Waals surface area contributed by atoms with Crippen molar-refractivity contribution in [1.82, 2.24) is 0 Å². The molecule has 1 aromatic carbocycles. The van der Waals surface area contributed by atoms with Gasteiger partial charge in [-0.05, 0) is 24.5 Å². The van der Waals surface area contributed by atoms with Crippen LogP contribution in [0.15, 0.2) is 24.3 Å². The van der Waals surface area contributed by atoms with Crippen LogP contribution >= 0.6 is 0 Å². The molecule has 0 saturated carbocycles. The maximum absolute atomic E-state index is 10.4. The van der Waals surface area contributed by atoms with Crippen LogP contribution in [0.5, 0.6) is 5.75 Å². The van der Waals surface area contributed by atoms with Crippen LogP contribution in [0.25, 0.3) is 0 Å². The van der Waals surface area contributed by atoms with Gasteiger partial charge in [-0.15, -0.1) is 0 Å². The first-order chi connectivity index (χ1) is 7.63. The molecule has 1 rings (SSSR count). The van der Waals surface area contributed by atoms with Gasteiger partial charge in [0.05, 0.1) is 19.6 Å². The number of aliphatic hydroxyl groups is 1. The molecule has 0 spiro atoms. The van der Waals surface area contributed by atoms with Gasteiger partial charge in [-0.1, -0.05) is 18.2 Å². The van der Waals surface area contributed by atoms with Crippen molar-refractivity contribution in [1.29, 1.82) is 0 Å². The van der Waals surface area contributed by atoms with Crippen LogP contribution in [0.1, 0.15) is 18.4 Å². The number of aliphatic hydroxyl groups excluding tert-OH is 1. The summed E-state index contributed by atoms with van der Waals surface area (Å²) >= 11 is 0. The van der Waals surface area contributed by atoms with E-state index in [1.165, 1.54) is 0 Å². The second-order valence-electron chi connectivity index (χ2n) is 3.60. The molecule has 0 aromatic heterocycles. The molecular weight excluding hydrogens is 208 g/mol. The van der Waals surface area contributed by atoms with Gasteiger partial charge in [0.1, 0.15) is 5.75 Å². The number of aliphatic carboxylic acids is 1. The second-order valence-corrected chi connectivity index (χ2v) is 3.60. The summed E-state index contributed by atoms with van der Waals surface area (Å²) in [5.74, 6) is -0.211. The summed E-state index contributed by atoms with van der Waals surface area (Å²) in [5, 5.41) is 17.9. The van der Waals surface area contributed by atoms with Crippen molar-refractivity contribution in [2.45, 2.75) is 25.4 Å². The summed E-state index contributed by atoms with van der Waals surface area (Å²) in [5.41, 5.74) is 0.981. The molecule has 0 heterocycles. The fourth-order valence-electron chi connectivity index (χ4n) is 1.54. The standard InChI is InChI=1S/C12H16O4/c1-16-11-5-3-2-4-9(11)6-7-10(13)8-12(14)15/h2-5,10,13H,6-8H2,1H3,(H,14,15). The highest BCUT2D eigenvalue weighted by Crippen LogP contribution is 2.19. The molecular formula is C12H16O4. The van der Waals surface area contributed by atoms with Crippen molar-refractivity contribution in [2.24, 2.45) is 0 Å². The van der Waals surface area contributed by atoms with Gasteiger partial charge in [0.2, 0.25) is 0 Å². The van der Waals surface area contributed by atoms with Crippen molar-refractivity contribution < 1.29 is 19.7 Å². The average Bonchev–Trinajstić information content (AvgIpc) is 2.26. The van der Waals surface area contributed by atoms with Crippen molar-refractivity contribution in [3.05, 3.63) is 29.8 Å². The van der Waals surface area contributed by atoms with Crippen LogP contribution in [0.2, 0.25) is 0 Å². The van der Waals surface area contributed by atoms with E-state index < -0.39 is 12.1 Å². The summed E-state index contributed by atoms with van der Waals surface area (Å²) in [6.45, 7) is 0. The van der Waals surface area contributed by atoms with Crippen molar-refractivity contribution in [2.75, 3.05) is 7.11 Å². The quantitative estimate of drug-likeness (QED) is 0.767. The van der Waals surface area contributed by atoms with E-state index in [1.54, 1.807) is 7.11 Å². The topological polar surface area (TPSA) is 66.8 Å². The molecule has 16 heavy (non-hydrogen) atoms. The van der Waals surface area contributed by atoms with Gasteiger partial charge in [0.15, 0.2) is 0 Å². The Bertz CT molecular complexity index is 349. The zero-order valence-corrected chi connectivity index (χ0v) is 9.22. The van der Waals surface area contributed by atoms with E-state index in [0.717, 1.165) is 11.3 Å². The molecule has 4 heteroatoms. The third kappa shape index (κ3) is 3.90. The van der Waals surface area contributed by atoms with Crippen molar-refractivity contribution >= 4 is 5.97 Å². The maximum atomic E-state index is 10.4. The number of aryl methyl sites for hydroxylation is 1. The monoisotopic (exact) mass is 224 g/mol. The second kappa shape index (κ2) is 6.12. The van der Waals surface area contributed by atoms with Crippen LogP contribution in [-0.4, -0.2) is 29.4 Å². The Balaban J connectivity index is 2.50. The number of carbonyl (C=O) groups is 1. The SMILES string of the molecule is COc1ccccc1CCC(O)CC(=O)O. The predicted molar refractivity (Wildman–Crippen MR) is 59.6 cm³/mol. The number of benzene rings is 1. The van der Waals surface area contributed by atoms with Gasteiger partial charge in [-0.2, -0.15) is 0 Å². The number of carboxylic acid groups (broad SMARTS) is 1. The number of ether oxygens (including phenoxy) is 1. The van der Waals surface area contributed by atoms with Crippen LogP contribution in [0.4, 0.5) is 0 Å². The number of hydrogen-bond donors (Lipinski definition) is 2. The van der Waals surface area contributed by atoms with Gasteiger partial charge >= 0.3 is 5.97 Å². The lowest BCUT2D eigenvalue weighted by Crippen LogP contribution is -2.13. The van der Waals surface area contributed by atoms with E-state index in [0.29, 0.717) is 12.8 Å². The predicted octanol–water partition coefficient (Wildman–Crippen LogP) is 1.46. The Morgan fingerprint density at radius 2 is 2.12 bits per heavy atom. The molecule has 0 aliphatic rings. The lowest BCUT2D eigenvalue weighted by molar-refractivity contribution is -0.139. The van der Waals surface area contributed by atoms with E-state index in [2.05, 4.69) is 0 Å². The minimum absolute atomic E-state index is 0.213. The normalized spacial score (nSPS) is 12.1. The van der Waals surface area contributed by atoms with E-state index in [1.807, 2.05) is 24.3 Å². The molecule has 4 nitrogen and oxygen atoms in total. The molecule has 0 fully saturated rings. The zero-order chi connectivity index (χ0) is 12.0. The largest absolute Gasteiger partial charge is 0.496 e. The fraction of sp³-hybridized carbons (Fsp3) is 0.417. The van der Waals surface area contributed by atoms with Gasteiger partial charge in [-0.3, -0.25) is 4.79 Å². The first-order valence-electron chi connectivity index (χ1n) is 5.15. The minimum atomic E-state index is -0.979. The van der Waals surface area contributed by atoms with Crippen LogP contribution in [-0.2, 0) is 11.2 Å². The zero-order valence-electron chi connectivity index (χ0n) is 9.22. The third-order valence-corrected chi connectivity index (χ3v) is 2.35. The Labute approximate surface area is 94.5 Å². The highest BCUT2D eigenvalue weighted by atomic mass is 16.5. The number of carboxylic acids is 1. The van der Waals surface area contributed by atoms with Crippen molar-refractivity contribution in [3.8, 4) is 5.75 Å². The Hall–Kier alpha value is -1.55. The van der Waals surface area contributed by atoms with E-state index >= 15 is 0 Å². The minimum Gasteiger partial charge on any atom is -0.496 e. The molecule has 1 atom stereocenters. The van der Waals surface area contributed by atoms with Gasteiger partial charge in [0.25, 0.3) is 0 Å². The molecule has 0 amide bonds. The highest BCUT2D eigenvalue weighted by molar-refractivity contribution is 5.67. The molecule has 2 N–H and O–H groups in total. The lowest BCUT2D eigenvalue weighted by atomic mass is 10.0. The molecule has 1 unspecified atom stereocenters. The first kappa shape index (κ1) is 12.5. The Kier molecular flexibility index (Phi) is 4.79. The molecule has 0 saturated heterocycles. The fourth-order valence-corrected chi connectivity index (χ4v) is 1.54. The third-order valence-electron chi connectivity index (χ3n) is 2.35. The van der Waals surface area contributed by atoms with Crippen LogP contribution < -0.4 is 4.74 Å². The molecule has 0 bridgehead atoms. The first-order valence-corrected chi connectivity index (χ1v) is 5.15. The average molecular weight is 224 g/mol. The van der Waals surface area contributed by atoms with Crippen molar-refractivity contribution in [3.63, 3.8) is 0 Å². The van der Waals surface area contributed by atoms with E-state index in [-0.39, 0.29) is 6.42 Å². The summed E-state index contributed by atoms with van der Waals surface area (Å²) < 4.78 is 5.16. The number of hydrogen-bond acceptors (Lipinski definition) is 3. The summed E-state index contributed by atoms with van der Waals surface area (Å²) in [6, 6.07) is 7.52. The highest BCUT2D eigenvalue weighted by Gasteiger charge is 2.10. The summed E-state index contributed by atoms with van der Waals surface area (Å²) in [7, 11) is 1.59. The summed E-state index contributed by atoms with van der Waals surface area (Å²) in [4.78, 5) is 10.4.